The number of ether oxygens (including phenoxy) is 4. The van der Waals surface area contributed by atoms with Crippen LogP contribution >= 0.6 is 0 Å². The Morgan fingerprint density at radius 1 is 0.757 bits per heavy atom. The van der Waals surface area contributed by atoms with E-state index in [1.807, 2.05) is 48.5 Å². The number of nitrogens with zero attached hydrogens (tertiary/aromatic N) is 2. The maximum absolute atomic E-state index is 8.74. The summed E-state index contributed by atoms with van der Waals surface area (Å²) in [6, 6.07) is 15.1. The van der Waals surface area contributed by atoms with Gasteiger partial charge in [0.05, 0.1) is 13.1 Å². The van der Waals surface area contributed by atoms with Gasteiger partial charge in [-0.15, -0.1) is 10.2 Å². The van der Waals surface area contributed by atoms with Crippen LogP contribution in [-0.4, -0.2) is 68.0 Å². The largest absolute Gasteiger partial charge is 0.486 e. The molecule has 0 aromatic heterocycles. The molecule has 0 amide bonds. The minimum Gasteiger partial charge on any atom is -0.486 e. The molecule has 0 bridgehead atoms. The van der Waals surface area contributed by atoms with E-state index >= 15 is 0 Å². The maximum atomic E-state index is 8.74. The van der Waals surface area contributed by atoms with Crippen molar-refractivity contribution in [1.82, 2.24) is 10.9 Å². The van der Waals surface area contributed by atoms with E-state index in [2.05, 4.69) is 21.1 Å². The van der Waals surface area contributed by atoms with Crippen molar-refractivity contribution < 1.29 is 36.5 Å². The standard InChI is InChI=1S/2C10H14N4O2.H2O4S/c2*11-10(12)14-13-5-7-6-15-8-3-1-2-4-9(8)16-7;1-5(2,3)4/h2*1-4,7,13H,5-6H2,(H4,11,12,14);(H2,1,2,3,4). The second-order valence-electron chi connectivity index (χ2n) is 7.24. The molecule has 0 radical (unpaired) electrons. The zero-order chi connectivity index (χ0) is 27.3. The first-order valence-electron chi connectivity index (χ1n) is 10.6. The molecular weight excluding hydrogens is 512 g/mol. The maximum Gasteiger partial charge on any atom is 0.394 e. The average Bonchev–Trinajstić information content (AvgIpc) is 2.83. The van der Waals surface area contributed by atoms with Gasteiger partial charge in [0.15, 0.2) is 35.2 Å². The van der Waals surface area contributed by atoms with E-state index in [-0.39, 0.29) is 24.1 Å². The summed E-state index contributed by atoms with van der Waals surface area (Å²) in [6.07, 6.45) is -0.198. The van der Waals surface area contributed by atoms with Gasteiger partial charge in [-0.3, -0.25) is 9.11 Å². The predicted molar refractivity (Wildman–Crippen MR) is 135 cm³/mol. The van der Waals surface area contributed by atoms with Gasteiger partial charge >= 0.3 is 10.4 Å². The lowest BCUT2D eigenvalue weighted by molar-refractivity contribution is 0.0907. The van der Waals surface area contributed by atoms with Crippen LogP contribution in [0.3, 0.4) is 0 Å². The number of rotatable bonds is 6. The fourth-order valence-electron chi connectivity index (χ4n) is 2.80. The Labute approximate surface area is 213 Å². The van der Waals surface area contributed by atoms with Crippen LogP contribution in [-0.2, 0) is 10.4 Å². The zero-order valence-electron chi connectivity index (χ0n) is 19.6. The van der Waals surface area contributed by atoms with Crippen molar-refractivity contribution in [3.05, 3.63) is 48.5 Å². The van der Waals surface area contributed by atoms with Crippen molar-refractivity contribution in [2.75, 3.05) is 26.3 Å². The molecule has 2 unspecified atom stereocenters. The van der Waals surface area contributed by atoms with Gasteiger partial charge in [-0.05, 0) is 24.3 Å². The summed E-state index contributed by atoms with van der Waals surface area (Å²) in [6.45, 7) is 1.94. The van der Waals surface area contributed by atoms with Crippen LogP contribution in [0.25, 0.3) is 0 Å². The third kappa shape index (κ3) is 12.3. The molecule has 2 aromatic carbocycles. The first kappa shape index (κ1) is 28.9. The Bertz CT molecular complexity index is 1070. The highest BCUT2D eigenvalue weighted by molar-refractivity contribution is 7.79. The molecule has 12 N–H and O–H groups in total. The number of hydrazone groups is 2. The van der Waals surface area contributed by atoms with E-state index in [9.17, 15) is 0 Å². The summed E-state index contributed by atoms with van der Waals surface area (Å²) in [5.41, 5.74) is 26.1. The molecule has 2 heterocycles. The second-order valence-corrected chi connectivity index (χ2v) is 8.14. The molecule has 0 saturated heterocycles. The fraction of sp³-hybridized carbons (Fsp3) is 0.300. The zero-order valence-corrected chi connectivity index (χ0v) is 20.4. The minimum absolute atomic E-state index is 0.00266. The molecule has 2 atom stereocenters. The number of para-hydroxylation sites is 4. The van der Waals surface area contributed by atoms with E-state index in [0.717, 1.165) is 23.0 Å². The molecule has 2 aliphatic rings. The molecule has 0 saturated carbocycles. The summed E-state index contributed by atoms with van der Waals surface area (Å²) in [5, 5.41) is 7.32. The lowest BCUT2D eigenvalue weighted by Gasteiger charge is -2.26. The third-order valence-corrected chi connectivity index (χ3v) is 4.19. The van der Waals surface area contributed by atoms with Gasteiger partial charge in [0, 0.05) is 0 Å². The van der Waals surface area contributed by atoms with Gasteiger partial charge < -0.3 is 52.7 Å². The molecule has 4 rings (SSSR count). The molecule has 16 nitrogen and oxygen atoms in total. The molecule has 2 aromatic rings. The van der Waals surface area contributed by atoms with Crippen molar-refractivity contribution in [1.29, 1.82) is 0 Å². The van der Waals surface area contributed by atoms with Gasteiger partial charge in [0.2, 0.25) is 11.9 Å². The summed E-state index contributed by atoms with van der Waals surface area (Å²) in [5.74, 6) is 3.01. The van der Waals surface area contributed by atoms with Crippen LogP contribution in [0.1, 0.15) is 0 Å². The Kier molecular flexibility index (Phi) is 11.1. The summed E-state index contributed by atoms with van der Waals surface area (Å²) >= 11 is 0. The quantitative estimate of drug-likeness (QED) is 0.0899. The predicted octanol–water partition coefficient (Wildman–Crippen LogP) is -1.44. The summed E-state index contributed by atoms with van der Waals surface area (Å²) in [4.78, 5) is 0. The van der Waals surface area contributed by atoms with Gasteiger partial charge in [0.25, 0.3) is 0 Å². The Balaban J connectivity index is 0.000000221. The van der Waals surface area contributed by atoms with Crippen molar-refractivity contribution in [2.45, 2.75) is 12.2 Å². The average molecular weight is 543 g/mol. The van der Waals surface area contributed by atoms with Crippen molar-refractivity contribution in [3.8, 4) is 23.0 Å². The van der Waals surface area contributed by atoms with Crippen LogP contribution < -0.4 is 52.7 Å². The Morgan fingerprint density at radius 2 is 1.08 bits per heavy atom. The SMILES string of the molecule is NC(N)=NNCC1COc2ccccc2O1.NC(N)=NNCC1COc2ccccc2O1.O=S(=O)(O)O. The highest BCUT2D eigenvalue weighted by atomic mass is 32.3. The molecule has 0 spiro atoms. The lowest BCUT2D eigenvalue weighted by Crippen LogP contribution is -2.38. The Morgan fingerprint density at radius 3 is 1.41 bits per heavy atom. The van der Waals surface area contributed by atoms with E-state index < -0.39 is 10.4 Å². The molecule has 204 valence electrons. The van der Waals surface area contributed by atoms with Crippen molar-refractivity contribution >= 4 is 22.3 Å². The number of hydrogen-bond acceptors (Lipinski definition) is 10. The number of fused-ring (bicyclic) bond motifs is 2. The minimum atomic E-state index is -4.67. The van der Waals surface area contributed by atoms with Crippen LogP contribution in [0, 0.1) is 0 Å². The van der Waals surface area contributed by atoms with Gasteiger partial charge in [-0.1, -0.05) is 24.3 Å². The molecule has 2 aliphatic heterocycles. The number of nitrogens with one attached hydrogen (secondary N) is 2. The number of hydrogen-bond donors (Lipinski definition) is 8. The molecule has 0 aliphatic carbocycles. The molecule has 37 heavy (non-hydrogen) atoms. The highest BCUT2D eigenvalue weighted by Gasteiger charge is 2.20. The van der Waals surface area contributed by atoms with E-state index in [0.29, 0.717) is 26.3 Å². The van der Waals surface area contributed by atoms with Crippen molar-refractivity contribution in [2.24, 2.45) is 33.1 Å². The fourth-order valence-corrected chi connectivity index (χ4v) is 2.80. The van der Waals surface area contributed by atoms with E-state index in [1.54, 1.807) is 0 Å². The topological polar surface area (TPSA) is 264 Å². The van der Waals surface area contributed by atoms with Crippen LogP contribution in [0.4, 0.5) is 0 Å². The van der Waals surface area contributed by atoms with Crippen LogP contribution in [0.2, 0.25) is 0 Å². The van der Waals surface area contributed by atoms with Crippen LogP contribution in [0.5, 0.6) is 23.0 Å². The van der Waals surface area contributed by atoms with Gasteiger partial charge in [-0.25, -0.2) is 0 Å². The number of benzene rings is 2. The van der Waals surface area contributed by atoms with Gasteiger partial charge in [0.1, 0.15) is 13.2 Å². The summed E-state index contributed by atoms with van der Waals surface area (Å²) < 4.78 is 54.0. The normalized spacial score (nSPS) is 16.8. The third-order valence-electron chi connectivity index (χ3n) is 4.19. The smallest absolute Gasteiger partial charge is 0.394 e. The first-order chi connectivity index (χ1) is 17.5. The second kappa shape index (κ2) is 14.3. The molecule has 0 fully saturated rings. The van der Waals surface area contributed by atoms with E-state index in [1.165, 1.54) is 0 Å². The molecular formula is C20H30N8O8S. The Hall–Kier alpha value is -4.35. The van der Waals surface area contributed by atoms with Gasteiger partial charge in [-0.2, -0.15) is 8.42 Å². The molecule has 17 heteroatoms. The number of nitrogens with two attached hydrogens (primary N) is 4. The summed E-state index contributed by atoms with van der Waals surface area (Å²) in [7, 11) is -4.67. The van der Waals surface area contributed by atoms with Crippen molar-refractivity contribution in [3.63, 3.8) is 0 Å². The lowest BCUT2D eigenvalue weighted by atomic mass is 10.2. The van der Waals surface area contributed by atoms with E-state index in [4.69, 9.17) is 59.4 Å². The van der Waals surface area contributed by atoms with Crippen LogP contribution in [0.15, 0.2) is 58.7 Å². The monoisotopic (exact) mass is 542 g/mol. The highest BCUT2D eigenvalue weighted by Crippen LogP contribution is 2.31. The first-order valence-corrected chi connectivity index (χ1v) is 12.0. The number of guanidine groups is 2.